The number of rotatable bonds is 12. The molecule has 0 aliphatic heterocycles. The molecule has 0 unspecified atom stereocenters. The molecule has 3 N–H and O–H groups in total. The molecule has 116 valence electrons. The smallest absolute Gasteiger partial charge is 0.480 e. The van der Waals surface area contributed by atoms with E-state index in [1.54, 1.807) is 0 Å². The summed E-state index contributed by atoms with van der Waals surface area (Å²) >= 11 is 0. The SMILES string of the molecule is NCC(=O)O.[CH2-]CCCCCCCCCCCCC.[Na+]. The Bertz CT molecular complexity index is 166. The summed E-state index contributed by atoms with van der Waals surface area (Å²) in [5.41, 5.74) is 4.57. The third-order valence-corrected chi connectivity index (χ3v) is 3.03. The van der Waals surface area contributed by atoms with Crippen molar-refractivity contribution in [3.05, 3.63) is 6.92 Å². The van der Waals surface area contributed by atoms with E-state index in [0.29, 0.717) is 0 Å². The molecule has 0 radical (unpaired) electrons. The second kappa shape index (κ2) is 24.4. The molecule has 0 fully saturated rings. The Balaban J connectivity index is -0.000000414. The topological polar surface area (TPSA) is 63.3 Å². The van der Waals surface area contributed by atoms with Crippen LogP contribution in [0.5, 0.6) is 0 Å². The van der Waals surface area contributed by atoms with Crippen molar-refractivity contribution < 1.29 is 39.5 Å². The maximum atomic E-state index is 9.24. The van der Waals surface area contributed by atoms with Crippen molar-refractivity contribution >= 4 is 5.97 Å². The molecule has 0 heterocycles. The van der Waals surface area contributed by atoms with Gasteiger partial charge in [-0.2, -0.15) is 6.42 Å². The molecule has 20 heavy (non-hydrogen) atoms. The number of hydrogen-bond donors (Lipinski definition) is 2. The van der Waals surface area contributed by atoms with Crippen LogP contribution in [0.15, 0.2) is 0 Å². The molecule has 0 atom stereocenters. The van der Waals surface area contributed by atoms with Crippen molar-refractivity contribution in [2.24, 2.45) is 5.73 Å². The van der Waals surface area contributed by atoms with Crippen LogP contribution in [-0.2, 0) is 4.79 Å². The molecular formula is C16H34NNaO2. The van der Waals surface area contributed by atoms with E-state index in [-0.39, 0.29) is 36.1 Å². The minimum Gasteiger partial charge on any atom is -0.480 e. The zero-order chi connectivity index (χ0) is 14.8. The largest absolute Gasteiger partial charge is 1.00 e. The van der Waals surface area contributed by atoms with Crippen LogP contribution >= 0.6 is 0 Å². The first-order chi connectivity index (χ1) is 9.18. The van der Waals surface area contributed by atoms with Crippen molar-refractivity contribution in [1.29, 1.82) is 0 Å². The Kier molecular flexibility index (Phi) is 31.0. The van der Waals surface area contributed by atoms with Crippen molar-refractivity contribution in [2.45, 2.75) is 84.0 Å². The zero-order valence-corrected chi connectivity index (χ0v) is 15.8. The summed E-state index contributed by atoms with van der Waals surface area (Å²) < 4.78 is 0. The Hall–Kier alpha value is 0.430. The molecule has 0 saturated heterocycles. The van der Waals surface area contributed by atoms with Crippen LogP contribution in [0.25, 0.3) is 0 Å². The Morgan fingerprint density at radius 1 is 0.900 bits per heavy atom. The van der Waals surface area contributed by atoms with Gasteiger partial charge in [-0.3, -0.25) is 4.79 Å². The Morgan fingerprint density at radius 3 is 1.45 bits per heavy atom. The van der Waals surface area contributed by atoms with Crippen LogP contribution in [0.1, 0.15) is 84.0 Å². The van der Waals surface area contributed by atoms with Crippen molar-refractivity contribution in [2.75, 3.05) is 6.54 Å². The van der Waals surface area contributed by atoms with Crippen molar-refractivity contribution in [1.82, 2.24) is 0 Å². The van der Waals surface area contributed by atoms with Crippen LogP contribution in [0, 0.1) is 6.92 Å². The van der Waals surface area contributed by atoms with Gasteiger partial charge in [0.2, 0.25) is 0 Å². The monoisotopic (exact) mass is 295 g/mol. The van der Waals surface area contributed by atoms with E-state index in [2.05, 4.69) is 19.6 Å². The second-order valence-corrected chi connectivity index (χ2v) is 4.99. The summed E-state index contributed by atoms with van der Waals surface area (Å²) in [4.78, 5) is 9.24. The first-order valence-electron chi connectivity index (χ1n) is 7.90. The number of nitrogens with two attached hydrogens (primary N) is 1. The summed E-state index contributed by atoms with van der Waals surface area (Å²) in [5, 5.41) is 7.60. The van der Waals surface area contributed by atoms with E-state index in [9.17, 15) is 4.79 Å². The first-order valence-corrected chi connectivity index (χ1v) is 7.90. The first kappa shape index (κ1) is 25.4. The summed E-state index contributed by atoms with van der Waals surface area (Å²) in [6, 6.07) is 0. The quantitative estimate of drug-likeness (QED) is 0.326. The van der Waals surface area contributed by atoms with Gasteiger partial charge in [-0.25, -0.2) is 0 Å². The van der Waals surface area contributed by atoms with Gasteiger partial charge in [-0.05, 0) is 0 Å². The fourth-order valence-electron chi connectivity index (χ4n) is 1.84. The summed E-state index contributed by atoms with van der Waals surface area (Å²) in [5.74, 6) is -0.968. The van der Waals surface area contributed by atoms with Gasteiger partial charge in [0, 0.05) is 0 Å². The van der Waals surface area contributed by atoms with Gasteiger partial charge in [-0.1, -0.05) is 77.6 Å². The second-order valence-electron chi connectivity index (χ2n) is 4.99. The van der Waals surface area contributed by atoms with Gasteiger partial charge in [0.05, 0.1) is 6.54 Å². The fraction of sp³-hybridized carbons (Fsp3) is 0.875. The third kappa shape index (κ3) is 31.0. The average Bonchev–Trinajstić information content (AvgIpc) is 2.41. The number of carbonyl (C=O) groups is 1. The molecule has 3 nitrogen and oxygen atoms in total. The Morgan fingerprint density at radius 2 is 1.20 bits per heavy atom. The zero-order valence-electron chi connectivity index (χ0n) is 13.8. The molecule has 0 saturated carbocycles. The van der Waals surface area contributed by atoms with Gasteiger partial charge in [-0.15, -0.1) is 0 Å². The number of carboxylic acids is 1. The maximum Gasteiger partial charge on any atom is 1.00 e. The predicted octanol–water partition coefficient (Wildman–Crippen LogP) is 1.56. The average molecular weight is 295 g/mol. The molecule has 0 aromatic rings. The van der Waals surface area contributed by atoms with E-state index in [1.165, 1.54) is 70.6 Å². The van der Waals surface area contributed by atoms with Crippen LogP contribution in [-0.4, -0.2) is 17.6 Å². The molecule has 0 rings (SSSR count). The maximum absolute atomic E-state index is 9.24. The number of unbranched alkanes of at least 4 members (excludes halogenated alkanes) is 11. The minimum atomic E-state index is -0.968. The van der Waals surface area contributed by atoms with E-state index >= 15 is 0 Å². The van der Waals surface area contributed by atoms with Gasteiger partial charge in [0.1, 0.15) is 0 Å². The summed E-state index contributed by atoms with van der Waals surface area (Å²) in [6.45, 7) is 5.86. The Labute approximate surface area is 148 Å². The van der Waals surface area contributed by atoms with Gasteiger partial charge in [0.25, 0.3) is 0 Å². The van der Waals surface area contributed by atoms with Crippen LogP contribution < -0.4 is 35.3 Å². The molecule has 0 aliphatic rings. The van der Waals surface area contributed by atoms with E-state index in [4.69, 9.17) is 5.11 Å². The molecule has 0 aliphatic carbocycles. The normalized spacial score (nSPS) is 9.35. The number of aliphatic carboxylic acids is 1. The molecular weight excluding hydrogens is 261 g/mol. The van der Waals surface area contributed by atoms with Gasteiger partial charge < -0.3 is 17.8 Å². The van der Waals surface area contributed by atoms with E-state index in [1.807, 2.05) is 0 Å². The third-order valence-electron chi connectivity index (χ3n) is 3.03. The molecule has 0 aromatic carbocycles. The number of hydrogen-bond acceptors (Lipinski definition) is 2. The van der Waals surface area contributed by atoms with Gasteiger partial charge in [0.15, 0.2) is 0 Å². The molecule has 0 aromatic heterocycles. The van der Waals surface area contributed by atoms with E-state index < -0.39 is 5.97 Å². The van der Waals surface area contributed by atoms with Crippen LogP contribution in [0.2, 0.25) is 0 Å². The van der Waals surface area contributed by atoms with Gasteiger partial charge >= 0.3 is 35.5 Å². The molecule has 0 bridgehead atoms. The van der Waals surface area contributed by atoms with Crippen molar-refractivity contribution in [3.63, 3.8) is 0 Å². The van der Waals surface area contributed by atoms with E-state index in [0.717, 1.165) is 6.42 Å². The van der Waals surface area contributed by atoms with Crippen molar-refractivity contribution in [3.8, 4) is 0 Å². The molecule has 4 heteroatoms. The summed E-state index contributed by atoms with van der Waals surface area (Å²) in [7, 11) is 0. The summed E-state index contributed by atoms with van der Waals surface area (Å²) in [6.07, 6.45) is 16.9. The number of carboxylic acid groups (broad SMARTS) is 1. The molecule has 0 spiro atoms. The fourth-order valence-corrected chi connectivity index (χ4v) is 1.84. The minimum absolute atomic E-state index is 0. The van der Waals surface area contributed by atoms with Crippen LogP contribution in [0.3, 0.4) is 0 Å². The predicted molar refractivity (Wildman–Crippen MR) is 83.1 cm³/mol. The van der Waals surface area contributed by atoms with Crippen LogP contribution in [0.4, 0.5) is 0 Å². The molecule has 0 amide bonds. The standard InChI is InChI=1S/C14H29.C2H5NO2.Na/c1-3-5-7-9-11-13-14-12-10-8-6-4-2;3-1-2(4)5;/h1,3-14H2,2H3;1,3H2,(H,4,5);/q-1;;+1.